The van der Waals surface area contributed by atoms with Crippen LogP contribution in [0.1, 0.15) is 30.8 Å². The number of hydrogen-bond acceptors (Lipinski definition) is 4. The molecule has 3 N–H and O–H groups in total. The van der Waals surface area contributed by atoms with Crippen molar-refractivity contribution >= 4 is 5.91 Å². The number of aromatic nitrogens is 2. The Labute approximate surface area is 106 Å². The van der Waals surface area contributed by atoms with Gasteiger partial charge in [0, 0.05) is 25.8 Å². The van der Waals surface area contributed by atoms with E-state index in [1.165, 1.54) is 6.20 Å². The smallest absolute Gasteiger partial charge is 0.273 e. The van der Waals surface area contributed by atoms with Crippen LogP contribution in [0.15, 0.2) is 17.2 Å². The van der Waals surface area contributed by atoms with Gasteiger partial charge in [0.15, 0.2) is 0 Å². The Morgan fingerprint density at radius 3 is 2.72 bits per heavy atom. The van der Waals surface area contributed by atoms with E-state index in [-0.39, 0.29) is 23.2 Å². The third kappa shape index (κ3) is 3.96. The summed E-state index contributed by atoms with van der Waals surface area (Å²) in [6.45, 7) is 4.67. The number of aromatic amines is 1. The number of carbonyl (C=O) groups excluding carboxylic acids is 1. The molecule has 0 aliphatic heterocycles. The molecule has 1 rings (SSSR count). The van der Waals surface area contributed by atoms with Gasteiger partial charge in [0.05, 0.1) is 6.20 Å². The van der Waals surface area contributed by atoms with Crippen LogP contribution in [0.25, 0.3) is 0 Å². The molecule has 0 aliphatic carbocycles. The number of nitrogens with one attached hydrogen (secondary N) is 1. The van der Waals surface area contributed by atoms with Crippen LogP contribution < -0.4 is 11.3 Å². The minimum atomic E-state index is -0.323. The molecular weight excluding hydrogens is 232 g/mol. The summed E-state index contributed by atoms with van der Waals surface area (Å²) in [6.07, 6.45) is 3.16. The molecule has 0 saturated carbocycles. The molecule has 18 heavy (non-hydrogen) atoms. The molecule has 6 heteroatoms. The minimum Gasteiger partial charge on any atom is -0.340 e. The lowest BCUT2D eigenvalue weighted by Gasteiger charge is -2.21. The van der Waals surface area contributed by atoms with E-state index in [9.17, 15) is 9.59 Å². The van der Waals surface area contributed by atoms with E-state index in [4.69, 9.17) is 5.73 Å². The highest BCUT2D eigenvalue weighted by Gasteiger charge is 2.15. The number of amides is 1. The maximum Gasteiger partial charge on any atom is 0.273 e. The van der Waals surface area contributed by atoms with Crippen LogP contribution in [0, 0.1) is 5.92 Å². The first-order valence-corrected chi connectivity index (χ1v) is 5.97. The number of H-pyrrole nitrogens is 1. The number of rotatable bonds is 5. The average Bonchev–Trinajstić information content (AvgIpc) is 2.35. The zero-order valence-electron chi connectivity index (χ0n) is 11.0. The van der Waals surface area contributed by atoms with Crippen LogP contribution in [-0.4, -0.2) is 40.4 Å². The second-order valence-electron chi connectivity index (χ2n) is 4.72. The first kappa shape index (κ1) is 14.4. The lowest BCUT2D eigenvalue weighted by atomic mass is 10.0. The van der Waals surface area contributed by atoms with Gasteiger partial charge in [0.1, 0.15) is 5.69 Å². The van der Waals surface area contributed by atoms with Crippen molar-refractivity contribution in [3.8, 4) is 0 Å². The highest BCUT2D eigenvalue weighted by atomic mass is 16.2. The molecule has 0 saturated heterocycles. The first-order valence-electron chi connectivity index (χ1n) is 5.97. The number of hydrogen-bond donors (Lipinski definition) is 2. The van der Waals surface area contributed by atoms with Crippen LogP contribution >= 0.6 is 0 Å². The van der Waals surface area contributed by atoms with Crippen molar-refractivity contribution in [1.82, 2.24) is 14.9 Å². The van der Waals surface area contributed by atoms with E-state index in [2.05, 4.69) is 23.8 Å². The zero-order chi connectivity index (χ0) is 13.7. The lowest BCUT2D eigenvalue weighted by Crippen LogP contribution is -2.35. The SMILES string of the molecule is CC(C)C(N)CCN(C)C(=O)c1c[nH]c(=O)cn1. The number of carbonyl (C=O) groups is 1. The number of nitrogens with two attached hydrogens (primary N) is 1. The molecule has 1 aromatic rings. The van der Waals surface area contributed by atoms with Crippen molar-refractivity contribution in [2.24, 2.45) is 11.7 Å². The molecular formula is C12H20N4O2. The number of nitrogens with zero attached hydrogens (tertiary/aromatic N) is 2. The molecule has 0 radical (unpaired) electrons. The van der Waals surface area contributed by atoms with Gasteiger partial charge < -0.3 is 15.6 Å². The Morgan fingerprint density at radius 1 is 1.56 bits per heavy atom. The second-order valence-corrected chi connectivity index (χ2v) is 4.72. The Morgan fingerprint density at radius 2 is 2.22 bits per heavy atom. The third-order valence-electron chi connectivity index (χ3n) is 2.89. The first-order chi connectivity index (χ1) is 8.41. The Hall–Kier alpha value is -1.69. The van der Waals surface area contributed by atoms with Crippen LogP contribution in [0.5, 0.6) is 0 Å². The Balaban J connectivity index is 2.56. The lowest BCUT2D eigenvalue weighted by molar-refractivity contribution is 0.0783. The summed E-state index contributed by atoms with van der Waals surface area (Å²) in [5, 5.41) is 0. The Kier molecular flexibility index (Phi) is 5.03. The van der Waals surface area contributed by atoms with Gasteiger partial charge in [-0.3, -0.25) is 9.59 Å². The van der Waals surface area contributed by atoms with Crippen LogP contribution in [-0.2, 0) is 0 Å². The van der Waals surface area contributed by atoms with Crippen molar-refractivity contribution in [3.63, 3.8) is 0 Å². The predicted octanol–water partition coefficient (Wildman–Crippen LogP) is 0.215. The van der Waals surface area contributed by atoms with E-state index in [0.717, 1.165) is 12.6 Å². The van der Waals surface area contributed by atoms with E-state index < -0.39 is 0 Å². The van der Waals surface area contributed by atoms with E-state index in [0.29, 0.717) is 12.5 Å². The maximum atomic E-state index is 11.9. The molecule has 0 bridgehead atoms. The van der Waals surface area contributed by atoms with Gasteiger partial charge >= 0.3 is 0 Å². The van der Waals surface area contributed by atoms with E-state index >= 15 is 0 Å². The molecule has 0 aromatic carbocycles. The van der Waals surface area contributed by atoms with Crippen molar-refractivity contribution in [2.45, 2.75) is 26.3 Å². The normalized spacial score (nSPS) is 12.5. The van der Waals surface area contributed by atoms with Gasteiger partial charge in [-0.2, -0.15) is 0 Å². The monoisotopic (exact) mass is 252 g/mol. The summed E-state index contributed by atoms with van der Waals surface area (Å²) >= 11 is 0. The highest BCUT2D eigenvalue weighted by Crippen LogP contribution is 2.05. The van der Waals surface area contributed by atoms with Crippen molar-refractivity contribution in [1.29, 1.82) is 0 Å². The molecule has 0 fully saturated rings. The van der Waals surface area contributed by atoms with Gasteiger partial charge in [0.2, 0.25) is 0 Å². The van der Waals surface area contributed by atoms with Crippen LogP contribution in [0.4, 0.5) is 0 Å². The summed E-state index contributed by atoms with van der Waals surface area (Å²) in [7, 11) is 1.70. The predicted molar refractivity (Wildman–Crippen MR) is 69.2 cm³/mol. The fraction of sp³-hybridized carbons (Fsp3) is 0.583. The molecule has 1 heterocycles. The van der Waals surface area contributed by atoms with Crippen LogP contribution in [0.3, 0.4) is 0 Å². The van der Waals surface area contributed by atoms with Gasteiger partial charge in [-0.15, -0.1) is 0 Å². The molecule has 1 atom stereocenters. The van der Waals surface area contributed by atoms with Gasteiger partial charge in [-0.1, -0.05) is 13.8 Å². The topological polar surface area (TPSA) is 92.1 Å². The molecule has 6 nitrogen and oxygen atoms in total. The standard InChI is InChI=1S/C12H20N4O2/c1-8(2)9(13)4-5-16(3)12(18)10-6-15-11(17)7-14-10/h6-9H,4-5,13H2,1-3H3,(H,15,17). The van der Waals surface area contributed by atoms with E-state index in [1.54, 1.807) is 11.9 Å². The van der Waals surface area contributed by atoms with Crippen LogP contribution in [0.2, 0.25) is 0 Å². The molecule has 0 spiro atoms. The van der Waals surface area contributed by atoms with Crippen molar-refractivity contribution in [2.75, 3.05) is 13.6 Å². The maximum absolute atomic E-state index is 11.9. The van der Waals surface area contributed by atoms with Gasteiger partial charge in [0.25, 0.3) is 11.5 Å². The molecule has 100 valence electrons. The van der Waals surface area contributed by atoms with Crippen molar-refractivity contribution < 1.29 is 4.79 Å². The molecule has 1 aromatic heterocycles. The van der Waals surface area contributed by atoms with Gasteiger partial charge in [-0.05, 0) is 12.3 Å². The summed E-state index contributed by atoms with van der Waals surface area (Å²) in [5.74, 6) is 0.168. The third-order valence-corrected chi connectivity index (χ3v) is 2.89. The quantitative estimate of drug-likeness (QED) is 0.784. The highest BCUT2D eigenvalue weighted by molar-refractivity contribution is 5.91. The average molecular weight is 252 g/mol. The second kappa shape index (κ2) is 6.30. The Bertz CT molecular complexity index is 435. The van der Waals surface area contributed by atoms with Crippen molar-refractivity contribution in [3.05, 3.63) is 28.4 Å². The zero-order valence-corrected chi connectivity index (χ0v) is 11.0. The van der Waals surface area contributed by atoms with E-state index in [1.807, 2.05) is 0 Å². The van der Waals surface area contributed by atoms with Gasteiger partial charge in [-0.25, -0.2) is 4.98 Å². The summed E-state index contributed by atoms with van der Waals surface area (Å²) in [6, 6.07) is 0.0730. The molecule has 0 aliphatic rings. The molecule has 1 amide bonds. The largest absolute Gasteiger partial charge is 0.340 e. The fourth-order valence-corrected chi connectivity index (χ4v) is 1.43. The summed E-state index contributed by atoms with van der Waals surface area (Å²) in [4.78, 5) is 30.6. The summed E-state index contributed by atoms with van der Waals surface area (Å²) in [5.41, 5.74) is 5.83. The molecule has 1 unspecified atom stereocenters. The minimum absolute atomic E-state index is 0.0730. The fourth-order valence-electron chi connectivity index (χ4n) is 1.43. The summed E-state index contributed by atoms with van der Waals surface area (Å²) < 4.78 is 0.